The molecule has 1 aromatic rings. The van der Waals surface area contributed by atoms with Gasteiger partial charge >= 0.3 is 6.61 Å². The van der Waals surface area contributed by atoms with E-state index in [0.717, 1.165) is 0 Å². The lowest BCUT2D eigenvalue weighted by atomic mass is 10.1. The van der Waals surface area contributed by atoms with Crippen LogP contribution in [0.25, 0.3) is 0 Å². The van der Waals surface area contributed by atoms with Crippen LogP contribution in [0.1, 0.15) is 5.56 Å². The minimum Gasteiger partial charge on any atom is -0.435 e. The summed E-state index contributed by atoms with van der Waals surface area (Å²) in [6, 6.07) is 6.63. The average Bonchev–Trinajstić information content (AvgIpc) is 2.38. The van der Waals surface area contributed by atoms with Crippen LogP contribution >= 0.6 is 24.0 Å². The molecule has 0 aromatic heterocycles. The third-order valence-corrected chi connectivity index (χ3v) is 2.28. The van der Waals surface area contributed by atoms with E-state index < -0.39 is 6.61 Å². The zero-order valence-electron chi connectivity index (χ0n) is 10.9. The first-order chi connectivity index (χ1) is 9.13. The molecule has 7 heteroatoms. The Kier molecular flexibility index (Phi) is 9.69. The van der Waals surface area contributed by atoms with Crippen LogP contribution in [0.5, 0.6) is 5.75 Å². The van der Waals surface area contributed by atoms with Crippen molar-refractivity contribution >= 4 is 29.9 Å². The molecule has 3 N–H and O–H groups in total. The quantitative estimate of drug-likeness (QED) is 0.322. The first kappa shape index (κ1) is 18.6. The number of nitrogens with two attached hydrogens (primary N) is 1. The second-order valence-electron chi connectivity index (χ2n) is 3.67. The van der Waals surface area contributed by atoms with Gasteiger partial charge < -0.3 is 15.8 Å². The molecule has 0 aliphatic rings. The lowest BCUT2D eigenvalue weighted by Gasteiger charge is -2.09. The van der Waals surface area contributed by atoms with Crippen molar-refractivity contribution in [3.8, 4) is 5.75 Å². The van der Waals surface area contributed by atoms with E-state index in [9.17, 15) is 8.78 Å². The summed E-state index contributed by atoms with van der Waals surface area (Å²) >= 11 is 0. The highest BCUT2D eigenvalue weighted by atomic mass is 127. The number of halogens is 3. The van der Waals surface area contributed by atoms with E-state index in [1.54, 1.807) is 24.3 Å². The standard InChI is InChI=1S/C13H17F2N3O.HI/c1-2-8-17-13(16)18-9-7-10-5-3-4-6-11(10)19-12(14)15;/h2-6,12H,1,7-9H2,(H3,16,17,18);1H. The smallest absolute Gasteiger partial charge is 0.387 e. The number of guanidine groups is 1. The Bertz CT molecular complexity index is 441. The fraction of sp³-hybridized carbons (Fsp3) is 0.308. The molecule has 20 heavy (non-hydrogen) atoms. The molecule has 0 saturated carbocycles. The number of nitrogens with one attached hydrogen (secondary N) is 1. The number of aliphatic imine (C=N–C) groups is 1. The zero-order chi connectivity index (χ0) is 14.1. The Morgan fingerprint density at radius 2 is 2.15 bits per heavy atom. The topological polar surface area (TPSA) is 59.6 Å². The minimum absolute atomic E-state index is 0. The summed E-state index contributed by atoms with van der Waals surface area (Å²) in [7, 11) is 0. The van der Waals surface area contributed by atoms with Crippen LogP contribution < -0.4 is 15.8 Å². The minimum atomic E-state index is -2.83. The summed E-state index contributed by atoms with van der Waals surface area (Å²) in [5.41, 5.74) is 6.25. The van der Waals surface area contributed by atoms with Crippen LogP contribution in [0.15, 0.2) is 41.9 Å². The van der Waals surface area contributed by atoms with Crippen LogP contribution in [-0.2, 0) is 6.42 Å². The second kappa shape index (κ2) is 10.4. The predicted molar refractivity (Wildman–Crippen MR) is 86.9 cm³/mol. The molecular formula is C13H18F2IN3O. The van der Waals surface area contributed by atoms with E-state index >= 15 is 0 Å². The SMILES string of the molecule is C=CCNC(N)=NCCc1ccccc1OC(F)F.I. The molecule has 4 nitrogen and oxygen atoms in total. The van der Waals surface area contributed by atoms with Gasteiger partial charge in [0.15, 0.2) is 5.96 Å². The molecule has 0 atom stereocenters. The van der Waals surface area contributed by atoms with Crippen LogP contribution in [0.3, 0.4) is 0 Å². The van der Waals surface area contributed by atoms with Gasteiger partial charge in [-0.15, -0.1) is 30.6 Å². The highest BCUT2D eigenvalue weighted by Crippen LogP contribution is 2.20. The number of para-hydroxylation sites is 1. The van der Waals surface area contributed by atoms with E-state index in [-0.39, 0.29) is 29.7 Å². The lowest BCUT2D eigenvalue weighted by molar-refractivity contribution is -0.0504. The van der Waals surface area contributed by atoms with Gasteiger partial charge in [-0.25, -0.2) is 0 Å². The number of hydrogen-bond acceptors (Lipinski definition) is 2. The summed E-state index contributed by atoms with van der Waals surface area (Å²) in [4.78, 5) is 4.07. The van der Waals surface area contributed by atoms with Gasteiger partial charge in [0.25, 0.3) is 0 Å². The molecule has 0 aliphatic heterocycles. The van der Waals surface area contributed by atoms with Gasteiger partial charge in [0.1, 0.15) is 5.75 Å². The largest absolute Gasteiger partial charge is 0.435 e. The molecule has 0 saturated heterocycles. The van der Waals surface area contributed by atoms with Crippen molar-refractivity contribution in [1.82, 2.24) is 5.32 Å². The second-order valence-corrected chi connectivity index (χ2v) is 3.67. The highest BCUT2D eigenvalue weighted by molar-refractivity contribution is 14.0. The Balaban J connectivity index is 0.00000361. The number of rotatable bonds is 7. The fourth-order valence-electron chi connectivity index (χ4n) is 1.45. The number of ether oxygens (including phenoxy) is 1. The summed E-state index contributed by atoms with van der Waals surface area (Å²) in [5, 5.41) is 2.82. The third kappa shape index (κ3) is 7.27. The maximum absolute atomic E-state index is 12.2. The summed E-state index contributed by atoms with van der Waals surface area (Å²) in [6.45, 7) is 1.63. The molecule has 0 unspecified atom stereocenters. The molecule has 1 aromatic carbocycles. The van der Waals surface area contributed by atoms with Crippen molar-refractivity contribution in [3.05, 3.63) is 42.5 Å². The van der Waals surface area contributed by atoms with Crippen molar-refractivity contribution in [3.63, 3.8) is 0 Å². The molecule has 0 amide bonds. The number of nitrogens with zero attached hydrogens (tertiary/aromatic N) is 1. The van der Waals surface area contributed by atoms with Gasteiger partial charge in [0, 0.05) is 13.1 Å². The van der Waals surface area contributed by atoms with Crippen LogP contribution in [0, 0.1) is 0 Å². The Morgan fingerprint density at radius 1 is 1.45 bits per heavy atom. The van der Waals surface area contributed by atoms with Crippen molar-refractivity contribution in [2.75, 3.05) is 13.1 Å². The summed E-state index contributed by atoms with van der Waals surface area (Å²) in [6.07, 6.45) is 2.13. The Hall–Kier alpha value is -1.38. The van der Waals surface area contributed by atoms with E-state index in [4.69, 9.17) is 5.73 Å². The number of alkyl halides is 2. The molecule has 0 spiro atoms. The number of hydrogen-bond donors (Lipinski definition) is 2. The first-order valence-electron chi connectivity index (χ1n) is 5.81. The molecule has 0 bridgehead atoms. The van der Waals surface area contributed by atoms with Crippen molar-refractivity contribution in [2.45, 2.75) is 13.0 Å². The summed E-state index contributed by atoms with van der Waals surface area (Å²) < 4.78 is 28.8. The van der Waals surface area contributed by atoms with E-state index in [0.29, 0.717) is 31.0 Å². The van der Waals surface area contributed by atoms with Gasteiger partial charge in [-0.05, 0) is 18.1 Å². The van der Waals surface area contributed by atoms with Crippen LogP contribution in [-0.4, -0.2) is 25.7 Å². The maximum atomic E-state index is 12.2. The van der Waals surface area contributed by atoms with E-state index in [1.807, 2.05) is 0 Å². The van der Waals surface area contributed by atoms with Gasteiger partial charge in [-0.3, -0.25) is 4.99 Å². The average molecular weight is 397 g/mol. The molecule has 0 fully saturated rings. The van der Waals surface area contributed by atoms with Crippen molar-refractivity contribution in [2.24, 2.45) is 10.7 Å². The fourth-order valence-corrected chi connectivity index (χ4v) is 1.45. The predicted octanol–water partition coefficient (Wildman–Crippen LogP) is 2.54. The van der Waals surface area contributed by atoms with E-state index in [2.05, 4.69) is 21.6 Å². The number of benzene rings is 1. The Morgan fingerprint density at radius 3 is 2.80 bits per heavy atom. The maximum Gasteiger partial charge on any atom is 0.387 e. The molecule has 1 rings (SSSR count). The van der Waals surface area contributed by atoms with Gasteiger partial charge in [-0.1, -0.05) is 24.3 Å². The van der Waals surface area contributed by atoms with Gasteiger partial charge in [0.2, 0.25) is 0 Å². The van der Waals surface area contributed by atoms with Crippen LogP contribution in [0.2, 0.25) is 0 Å². The highest BCUT2D eigenvalue weighted by Gasteiger charge is 2.08. The zero-order valence-corrected chi connectivity index (χ0v) is 13.2. The molecule has 0 heterocycles. The molecule has 112 valence electrons. The van der Waals surface area contributed by atoms with Crippen molar-refractivity contribution in [1.29, 1.82) is 0 Å². The molecule has 0 aliphatic carbocycles. The molecular weight excluding hydrogens is 379 g/mol. The lowest BCUT2D eigenvalue weighted by Crippen LogP contribution is -2.31. The van der Waals surface area contributed by atoms with E-state index in [1.165, 1.54) is 6.07 Å². The Labute approximate surface area is 134 Å². The normalized spacial score (nSPS) is 10.8. The summed E-state index contributed by atoms with van der Waals surface area (Å²) in [5.74, 6) is 0.470. The van der Waals surface area contributed by atoms with Crippen molar-refractivity contribution < 1.29 is 13.5 Å². The van der Waals surface area contributed by atoms with Crippen LogP contribution in [0.4, 0.5) is 8.78 Å². The van der Waals surface area contributed by atoms with Gasteiger partial charge in [-0.2, -0.15) is 8.78 Å². The third-order valence-electron chi connectivity index (χ3n) is 2.28. The first-order valence-corrected chi connectivity index (χ1v) is 5.81. The van der Waals surface area contributed by atoms with Gasteiger partial charge in [0.05, 0.1) is 0 Å². The molecule has 0 radical (unpaired) electrons. The monoisotopic (exact) mass is 397 g/mol.